The quantitative estimate of drug-likeness (QED) is 0.518. The second kappa shape index (κ2) is 9.26. The van der Waals surface area contributed by atoms with Gasteiger partial charge in [0.25, 0.3) is 5.91 Å². The number of nitrogens with zero attached hydrogens (tertiary/aromatic N) is 1. The maximum atomic E-state index is 12.6. The molecule has 1 atom stereocenters. The van der Waals surface area contributed by atoms with Crippen LogP contribution in [0, 0.1) is 0 Å². The lowest BCUT2D eigenvalue weighted by atomic mass is 10.1. The predicted octanol–water partition coefficient (Wildman–Crippen LogP) is -0.0937. The van der Waals surface area contributed by atoms with E-state index in [4.69, 9.17) is 5.73 Å². The molecule has 0 fully saturated rings. The maximum absolute atomic E-state index is 12.6. The minimum atomic E-state index is -1.14. The molecule has 0 spiro atoms. The van der Waals surface area contributed by atoms with Crippen molar-refractivity contribution in [1.29, 1.82) is 0 Å². The molecular weight excluding hydrogens is 328 g/mol. The molecule has 9 nitrogen and oxygen atoms in total. The summed E-state index contributed by atoms with van der Waals surface area (Å²) in [6, 6.07) is 4.67. The van der Waals surface area contributed by atoms with Crippen LogP contribution in [0.2, 0.25) is 0 Å². The van der Waals surface area contributed by atoms with Gasteiger partial charge in [-0.15, -0.1) is 0 Å². The third-order valence-corrected chi connectivity index (χ3v) is 3.48. The Morgan fingerprint density at radius 1 is 1.16 bits per heavy atom. The Hall–Kier alpha value is -3.10. The molecule has 0 aliphatic heterocycles. The van der Waals surface area contributed by atoms with E-state index in [1.807, 2.05) is 0 Å². The molecule has 0 bridgehead atoms. The molecule has 0 radical (unpaired) electrons. The number of amides is 4. The highest BCUT2D eigenvalue weighted by molar-refractivity contribution is 5.96. The second-order valence-corrected chi connectivity index (χ2v) is 5.41. The molecule has 0 saturated carbocycles. The Morgan fingerprint density at radius 2 is 1.76 bits per heavy atom. The zero-order chi connectivity index (χ0) is 19.0. The molecule has 1 aromatic carbocycles. The van der Waals surface area contributed by atoms with Gasteiger partial charge in [-0.25, -0.2) is 9.59 Å². The van der Waals surface area contributed by atoms with Gasteiger partial charge in [-0.1, -0.05) is 12.1 Å². The normalized spacial score (nSPS) is 11.3. The lowest BCUT2D eigenvalue weighted by Gasteiger charge is -2.26. The zero-order valence-corrected chi connectivity index (χ0v) is 14.1. The molecule has 9 heteroatoms. The van der Waals surface area contributed by atoms with Crippen molar-refractivity contribution in [2.24, 2.45) is 5.73 Å². The highest BCUT2D eigenvalue weighted by atomic mass is 16.4. The van der Waals surface area contributed by atoms with E-state index in [0.29, 0.717) is 5.56 Å². The maximum Gasteiger partial charge on any atom is 0.326 e. The van der Waals surface area contributed by atoms with E-state index in [1.54, 1.807) is 24.3 Å². The molecule has 25 heavy (non-hydrogen) atoms. The van der Waals surface area contributed by atoms with Crippen LogP contribution in [0.3, 0.4) is 0 Å². The highest BCUT2D eigenvalue weighted by Gasteiger charge is 2.26. The van der Waals surface area contributed by atoms with E-state index in [0.717, 1.165) is 5.56 Å². The summed E-state index contributed by atoms with van der Waals surface area (Å²) >= 11 is 0. The molecule has 1 rings (SSSR count). The van der Waals surface area contributed by atoms with Gasteiger partial charge in [0.1, 0.15) is 6.04 Å². The van der Waals surface area contributed by atoms with Crippen LogP contribution in [0.4, 0.5) is 4.79 Å². The topological polar surface area (TPSA) is 142 Å². The Bertz CT molecular complexity index is 644. The van der Waals surface area contributed by atoms with Crippen LogP contribution in [-0.4, -0.2) is 53.0 Å². The van der Waals surface area contributed by atoms with Crippen molar-refractivity contribution < 1.29 is 24.3 Å². The van der Waals surface area contributed by atoms with Crippen LogP contribution in [-0.2, 0) is 16.1 Å². The van der Waals surface area contributed by atoms with Crippen molar-refractivity contribution in [3.63, 3.8) is 0 Å². The average molecular weight is 350 g/mol. The summed E-state index contributed by atoms with van der Waals surface area (Å²) in [6.07, 6.45) is 0. The van der Waals surface area contributed by atoms with Crippen LogP contribution in [0.5, 0.6) is 0 Å². The Balaban J connectivity index is 2.86. The average Bonchev–Trinajstić information content (AvgIpc) is 2.56. The summed E-state index contributed by atoms with van der Waals surface area (Å²) in [6.45, 7) is 3.18. The number of carbonyl (C=O) groups excluding carboxylic acids is 3. The first kappa shape index (κ1) is 19.9. The molecule has 136 valence electrons. The van der Waals surface area contributed by atoms with Gasteiger partial charge in [0.2, 0.25) is 5.91 Å². The fraction of sp³-hybridized carbons (Fsp3) is 0.375. The number of hydrogen-bond donors (Lipinski definition) is 4. The Labute approximate surface area is 145 Å². The molecule has 1 unspecified atom stereocenters. The van der Waals surface area contributed by atoms with Crippen molar-refractivity contribution in [2.45, 2.75) is 26.4 Å². The van der Waals surface area contributed by atoms with E-state index in [-0.39, 0.29) is 25.5 Å². The van der Waals surface area contributed by atoms with Gasteiger partial charge in [-0.2, -0.15) is 0 Å². The predicted molar refractivity (Wildman–Crippen MR) is 89.7 cm³/mol. The smallest absolute Gasteiger partial charge is 0.326 e. The van der Waals surface area contributed by atoms with Gasteiger partial charge in [0.05, 0.1) is 0 Å². The Kier molecular flexibility index (Phi) is 7.39. The van der Waals surface area contributed by atoms with Crippen molar-refractivity contribution >= 4 is 23.8 Å². The standard InChI is InChI=1S/C16H22N4O5/c1-10(15(23)24)20(8-7-18-11(2)21)14(22)13-5-3-12(4-6-13)9-19-16(17)25/h3-6,10H,7-9H2,1-2H3,(H,18,21)(H,23,24)(H3,17,19,25). The lowest BCUT2D eigenvalue weighted by Crippen LogP contribution is -2.46. The van der Waals surface area contributed by atoms with Crippen molar-refractivity contribution in [1.82, 2.24) is 15.5 Å². The molecule has 0 saturated heterocycles. The van der Waals surface area contributed by atoms with Crippen LogP contribution in [0.15, 0.2) is 24.3 Å². The number of primary amides is 1. The van der Waals surface area contributed by atoms with Crippen molar-refractivity contribution in [3.05, 3.63) is 35.4 Å². The van der Waals surface area contributed by atoms with Crippen LogP contribution >= 0.6 is 0 Å². The lowest BCUT2D eigenvalue weighted by molar-refractivity contribution is -0.141. The Morgan fingerprint density at radius 3 is 2.24 bits per heavy atom. The van der Waals surface area contributed by atoms with Gasteiger partial charge in [0, 0.05) is 32.1 Å². The molecule has 0 heterocycles. The number of nitrogens with two attached hydrogens (primary N) is 1. The second-order valence-electron chi connectivity index (χ2n) is 5.41. The number of nitrogens with one attached hydrogen (secondary N) is 2. The number of aliphatic carboxylic acids is 1. The summed E-state index contributed by atoms with van der Waals surface area (Å²) in [5.41, 5.74) is 6.04. The summed E-state index contributed by atoms with van der Waals surface area (Å²) in [5, 5.41) is 14.2. The van der Waals surface area contributed by atoms with Gasteiger partial charge < -0.3 is 26.4 Å². The van der Waals surface area contributed by atoms with E-state index in [1.165, 1.54) is 18.7 Å². The van der Waals surface area contributed by atoms with E-state index < -0.39 is 23.9 Å². The van der Waals surface area contributed by atoms with Gasteiger partial charge in [0.15, 0.2) is 0 Å². The van der Waals surface area contributed by atoms with E-state index in [9.17, 15) is 24.3 Å². The molecular formula is C16H22N4O5. The highest BCUT2D eigenvalue weighted by Crippen LogP contribution is 2.11. The van der Waals surface area contributed by atoms with Crippen LogP contribution in [0.1, 0.15) is 29.8 Å². The monoisotopic (exact) mass is 350 g/mol. The first-order valence-corrected chi connectivity index (χ1v) is 7.62. The molecule has 1 aromatic rings. The van der Waals surface area contributed by atoms with Crippen LogP contribution < -0.4 is 16.4 Å². The van der Waals surface area contributed by atoms with E-state index >= 15 is 0 Å². The van der Waals surface area contributed by atoms with Crippen molar-refractivity contribution in [3.8, 4) is 0 Å². The fourth-order valence-electron chi connectivity index (χ4n) is 2.08. The molecule has 4 amide bonds. The SMILES string of the molecule is CC(=O)NCCN(C(=O)c1ccc(CNC(N)=O)cc1)C(C)C(=O)O. The summed E-state index contributed by atoms with van der Waals surface area (Å²) in [5.74, 6) is -1.87. The first-order valence-electron chi connectivity index (χ1n) is 7.62. The van der Waals surface area contributed by atoms with Crippen LogP contribution in [0.25, 0.3) is 0 Å². The molecule has 0 aliphatic carbocycles. The van der Waals surface area contributed by atoms with Gasteiger partial charge in [-0.05, 0) is 24.6 Å². The molecule has 0 aliphatic rings. The summed E-state index contributed by atoms with van der Waals surface area (Å²) < 4.78 is 0. The number of hydrogen-bond acceptors (Lipinski definition) is 4. The van der Waals surface area contributed by atoms with Crippen molar-refractivity contribution in [2.75, 3.05) is 13.1 Å². The summed E-state index contributed by atoms with van der Waals surface area (Å²) in [4.78, 5) is 46.7. The third-order valence-electron chi connectivity index (χ3n) is 3.48. The molecule has 5 N–H and O–H groups in total. The third kappa shape index (κ3) is 6.50. The zero-order valence-electron chi connectivity index (χ0n) is 14.1. The number of rotatable bonds is 8. The molecule has 0 aromatic heterocycles. The number of benzene rings is 1. The minimum absolute atomic E-state index is 0.0663. The minimum Gasteiger partial charge on any atom is -0.480 e. The first-order chi connectivity index (χ1) is 11.7. The fourth-order valence-corrected chi connectivity index (χ4v) is 2.08. The number of carboxylic acid groups (broad SMARTS) is 1. The number of urea groups is 1. The van der Waals surface area contributed by atoms with Gasteiger partial charge in [-0.3, -0.25) is 9.59 Å². The number of carbonyl (C=O) groups is 4. The van der Waals surface area contributed by atoms with Gasteiger partial charge >= 0.3 is 12.0 Å². The largest absolute Gasteiger partial charge is 0.480 e. The summed E-state index contributed by atoms with van der Waals surface area (Å²) in [7, 11) is 0. The van der Waals surface area contributed by atoms with E-state index in [2.05, 4.69) is 10.6 Å². The number of carboxylic acids is 1.